The average molecular weight is 571 g/mol. The molecule has 0 radical (unpaired) electrons. The van der Waals surface area contributed by atoms with Crippen molar-refractivity contribution in [3.05, 3.63) is 56.6 Å². The third-order valence-electron chi connectivity index (χ3n) is 2.77. The van der Waals surface area contributed by atoms with Crippen LogP contribution in [0.4, 0.5) is 0 Å². The van der Waals surface area contributed by atoms with Crippen LogP contribution in [0.25, 0.3) is 3.58 Å². The van der Waals surface area contributed by atoms with Gasteiger partial charge >= 0.3 is 160 Å². The second-order valence-corrected chi connectivity index (χ2v) is 10.1. The van der Waals surface area contributed by atoms with E-state index >= 15 is 0 Å². The van der Waals surface area contributed by atoms with Gasteiger partial charge in [-0.05, 0) is 0 Å². The van der Waals surface area contributed by atoms with E-state index in [-0.39, 0.29) is 0 Å². The Hall–Kier alpha value is -0.241. The molecular weight excluding hydrogens is 557 g/mol. The number of rotatable bonds is 5. The molecule has 0 aliphatic carbocycles. The zero-order valence-corrected chi connectivity index (χ0v) is 17.6. The molecule has 2 aromatic rings. The van der Waals surface area contributed by atoms with Crippen molar-refractivity contribution in [1.29, 1.82) is 0 Å². The van der Waals surface area contributed by atoms with E-state index < -0.39 is 0 Å². The van der Waals surface area contributed by atoms with E-state index in [1.165, 1.54) is 10.5 Å². The predicted octanol–water partition coefficient (Wildman–Crippen LogP) is 4.23. The first-order valence-electron chi connectivity index (χ1n) is 6.16. The molecule has 0 spiro atoms. The first-order valence-corrected chi connectivity index (χ1v) is 10.0. The van der Waals surface area contributed by atoms with Crippen molar-refractivity contribution in [2.75, 3.05) is 14.2 Å². The molecule has 0 unspecified atom stereocenters. The summed E-state index contributed by atoms with van der Waals surface area (Å²) in [5.41, 5.74) is 1.11. The van der Waals surface area contributed by atoms with E-state index in [2.05, 4.69) is 75.5 Å². The van der Waals surface area contributed by atoms with Gasteiger partial charge < -0.3 is 0 Å². The molecule has 0 aromatic heterocycles. The van der Waals surface area contributed by atoms with Crippen LogP contribution in [0.1, 0.15) is 5.56 Å². The van der Waals surface area contributed by atoms with Crippen LogP contribution in [0.5, 0.6) is 11.5 Å². The van der Waals surface area contributed by atoms with Gasteiger partial charge in [0.2, 0.25) is 0 Å². The van der Waals surface area contributed by atoms with E-state index in [1.54, 1.807) is 14.2 Å². The number of halogens is 2. The molecule has 0 aliphatic heterocycles. The first kappa shape index (κ1) is 17.1. The number of hydrogen-bond acceptors (Lipinski definition) is 2. The summed E-state index contributed by atoms with van der Waals surface area (Å²) in [4.78, 5) is 0. The van der Waals surface area contributed by atoms with Gasteiger partial charge in [-0.25, -0.2) is 0 Å². The summed E-state index contributed by atoms with van der Waals surface area (Å²) < 4.78 is 14.7. The van der Waals surface area contributed by atoms with Crippen LogP contribution >= 0.6 is 45.2 Å². The normalized spacial score (nSPS) is 11.8. The summed E-state index contributed by atoms with van der Waals surface area (Å²) in [5.74, 6) is 1.65. The molecule has 110 valence electrons. The minimum atomic E-state index is 0.309. The Kier molecular flexibility index (Phi) is 6.85. The van der Waals surface area contributed by atoms with Crippen molar-refractivity contribution in [3.8, 4) is 11.5 Å². The second-order valence-electron chi connectivity index (χ2n) is 4.07. The molecule has 0 saturated carbocycles. The third kappa shape index (κ3) is 4.61. The van der Waals surface area contributed by atoms with Gasteiger partial charge in [-0.3, -0.25) is 0 Å². The van der Waals surface area contributed by atoms with E-state index in [1.807, 2.05) is 18.2 Å². The summed E-state index contributed by atoms with van der Waals surface area (Å²) >= 11 is 5.15. The summed E-state index contributed by atoms with van der Waals surface area (Å²) in [6.07, 6.45) is 0. The molecule has 0 N–H and O–H groups in total. The number of hydrogen-bond donors (Lipinski definition) is 0. The Balaban J connectivity index is 2.33. The van der Waals surface area contributed by atoms with Crippen LogP contribution in [-0.2, 0) is 0 Å². The fourth-order valence-corrected chi connectivity index (χ4v) is 5.82. The molecule has 0 saturated heterocycles. The van der Waals surface area contributed by atoms with Gasteiger partial charge in [0.1, 0.15) is 0 Å². The van der Waals surface area contributed by atoms with Gasteiger partial charge in [0, 0.05) is 0 Å². The maximum atomic E-state index is 5.49. The average Bonchev–Trinajstić information content (AvgIpc) is 2.54. The van der Waals surface area contributed by atoms with Crippen molar-refractivity contribution in [2.45, 2.75) is 0 Å². The Morgan fingerprint density at radius 3 is 2.29 bits per heavy atom. The summed E-state index contributed by atoms with van der Waals surface area (Å²) in [7, 11) is 3.36. The first-order chi connectivity index (χ1) is 10.2. The monoisotopic (exact) mass is 572 g/mol. The van der Waals surface area contributed by atoms with E-state index in [4.69, 9.17) is 9.47 Å². The molecule has 0 atom stereocenters. The molecule has 0 heterocycles. The van der Waals surface area contributed by atoms with E-state index in [0.29, 0.717) is 15.0 Å². The van der Waals surface area contributed by atoms with Gasteiger partial charge in [-0.1, -0.05) is 0 Å². The standard InChI is InChI=1S/C16H14I2O2Se/c1-19-11-8-9-13(14(10-11)20-2)15(17)16(18)21-12-6-4-3-5-7-12/h3-10H,1-2H3/b16-15-. The quantitative estimate of drug-likeness (QED) is 0.396. The topological polar surface area (TPSA) is 18.5 Å². The Labute approximate surface area is 158 Å². The maximum absolute atomic E-state index is 5.49. The molecule has 5 heteroatoms. The summed E-state index contributed by atoms with van der Waals surface area (Å²) in [6.45, 7) is 0. The Morgan fingerprint density at radius 1 is 0.952 bits per heavy atom. The van der Waals surface area contributed by atoms with Crippen LogP contribution in [0, 0.1) is 0 Å². The number of methoxy groups -OCH3 is 2. The van der Waals surface area contributed by atoms with Crippen molar-refractivity contribution < 1.29 is 9.47 Å². The molecule has 0 bridgehead atoms. The molecular formula is C16H14I2O2Se. The minimum absolute atomic E-state index is 0.309. The fraction of sp³-hybridized carbons (Fsp3) is 0.125. The SMILES string of the molecule is COc1ccc(/C(I)=C(\I)[Se]c2ccccc2)c(OC)c1. The van der Waals surface area contributed by atoms with Gasteiger partial charge in [-0.2, -0.15) is 0 Å². The van der Waals surface area contributed by atoms with Gasteiger partial charge in [0.15, 0.2) is 0 Å². The Morgan fingerprint density at radius 2 is 1.67 bits per heavy atom. The zero-order chi connectivity index (χ0) is 15.2. The van der Waals surface area contributed by atoms with Crippen LogP contribution in [0.2, 0.25) is 0 Å². The summed E-state index contributed by atoms with van der Waals surface area (Å²) in [5, 5.41) is 0. The van der Waals surface area contributed by atoms with E-state index in [0.717, 1.165) is 17.1 Å². The molecule has 0 amide bonds. The van der Waals surface area contributed by atoms with Crippen LogP contribution in [-0.4, -0.2) is 29.2 Å². The van der Waals surface area contributed by atoms with Crippen molar-refractivity contribution >= 4 is 68.2 Å². The Bertz CT molecular complexity index is 642. The molecule has 2 aromatic carbocycles. The van der Waals surface area contributed by atoms with Crippen molar-refractivity contribution in [2.24, 2.45) is 0 Å². The van der Waals surface area contributed by atoms with Gasteiger partial charge in [-0.15, -0.1) is 0 Å². The molecule has 2 rings (SSSR count). The van der Waals surface area contributed by atoms with Gasteiger partial charge in [0.25, 0.3) is 0 Å². The molecule has 0 fully saturated rings. The second kappa shape index (κ2) is 8.41. The zero-order valence-electron chi connectivity index (χ0n) is 11.6. The number of ether oxygens (including phenoxy) is 2. The molecule has 21 heavy (non-hydrogen) atoms. The summed E-state index contributed by atoms with van der Waals surface area (Å²) in [6, 6.07) is 16.5. The predicted molar refractivity (Wildman–Crippen MR) is 106 cm³/mol. The van der Waals surface area contributed by atoms with Crippen LogP contribution in [0.3, 0.4) is 0 Å². The van der Waals surface area contributed by atoms with Crippen molar-refractivity contribution in [3.63, 3.8) is 0 Å². The molecule has 0 aliphatic rings. The van der Waals surface area contributed by atoms with Crippen molar-refractivity contribution in [1.82, 2.24) is 0 Å². The number of benzene rings is 2. The van der Waals surface area contributed by atoms with E-state index in [9.17, 15) is 0 Å². The van der Waals surface area contributed by atoms with Gasteiger partial charge in [0.05, 0.1) is 0 Å². The fourth-order valence-electron chi connectivity index (χ4n) is 1.72. The molecule has 2 nitrogen and oxygen atoms in total. The van der Waals surface area contributed by atoms with Crippen LogP contribution < -0.4 is 13.9 Å². The van der Waals surface area contributed by atoms with Crippen LogP contribution in [0.15, 0.2) is 51.0 Å². The third-order valence-corrected chi connectivity index (χ3v) is 9.30.